The van der Waals surface area contributed by atoms with Gasteiger partial charge in [-0.25, -0.2) is 4.79 Å². The minimum atomic E-state index is -0.549. The minimum absolute atomic E-state index is 0.105. The normalized spacial score (nSPS) is 20.4. The maximum atomic E-state index is 11.8. The van der Waals surface area contributed by atoms with Crippen LogP contribution >= 0.6 is 0 Å². The zero-order valence-electron chi connectivity index (χ0n) is 13.2. The van der Waals surface area contributed by atoms with E-state index in [4.69, 9.17) is 4.74 Å². The van der Waals surface area contributed by atoms with Crippen molar-refractivity contribution in [1.82, 2.24) is 10.6 Å². The van der Waals surface area contributed by atoms with Crippen molar-refractivity contribution < 1.29 is 19.1 Å². The number of amides is 3. The minimum Gasteiger partial charge on any atom is -0.483 e. The van der Waals surface area contributed by atoms with E-state index in [1.807, 2.05) is 0 Å². The van der Waals surface area contributed by atoms with Crippen molar-refractivity contribution >= 4 is 18.2 Å². The van der Waals surface area contributed by atoms with E-state index in [9.17, 15) is 14.4 Å². The number of nitrogens with one attached hydrogen (secondary N) is 2. The summed E-state index contributed by atoms with van der Waals surface area (Å²) >= 11 is 0. The Morgan fingerprint density at radius 1 is 1.26 bits per heavy atom. The van der Waals surface area contributed by atoms with Crippen LogP contribution in [0.5, 0.6) is 5.75 Å². The molecule has 1 aliphatic carbocycles. The van der Waals surface area contributed by atoms with E-state index in [1.54, 1.807) is 24.3 Å². The molecule has 0 radical (unpaired) electrons. The van der Waals surface area contributed by atoms with E-state index in [1.165, 1.54) is 6.42 Å². The van der Waals surface area contributed by atoms with Gasteiger partial charge in [0.1, 0.15) is 5.75 Å². The highest BCUT2D eigenvalue weighted by atomic mass is 16.5. The lowest BCUT2D eigenvalue weighted by Crippen LogP contribution is -2.48. The van der Waals surface area contributed by atoms with Gasteiger partial charge in [0, 0.05) is 6.04 Å². The second-order valence-electron chi connectivity index (χ2n) is 5.83. The predicted molar refractivity (Wildman–Crippen MR) is 85.4 cm³/mol. The molecule has 1 fully saturated rings. The number of hydrogen-bond acceptors (Lipinski definition) is 4. The molecule has 0 aliphatic heterocycles. The lowest BCUT2D eigenvalue weighted by molar-refractivity contribution is -0.122. The number of ether oxygens (including phenoxy) is 1. The molecule has 0 spiro atoms. The van der Waals surface area contributed by atoms with Crippen molar-refractivity contribution in [2.24, 2.45) is 5.92 Å². The Morgan fingerprint density at radius 3 is 2.74 bits per heavy atom. The van der Waals surface area contributed by atoms with Crippen molar-refractivity contribution in [1.29, 1.82) is 0 Å². The molecule has 1 aliphatic rings. The molecule has 1 saturated carbocycles. The fourth-order valence-corrected chi connectivity index (χ4v) is 2.75. The number of rotatable bonds is 5. The van der Waals surface area contributed by atoms with E-state index in [0.717, 1.165) is 19.3 Å². The van der Waals surface area contributed by atoms with Gasteiger partial charge < -0.3 is 10.1 Å². The fraction of sp³-hybridized carbons (Fsp3) is 0.471. The SMILES string of the molecule is C[C@H]1CCCC[C@@H]1NC(=O)NC(=O)COc1ccccc1C=O. The first kappa shape index (κ1) is 17.0. The van der Waals surface area contributed by atoms with E-state index in [0.29, 0.717) is 23.5 Å². The Hall–Kier alpha value is -2.37. The Kier molecular flexibility index (Phi) is 6.14. The molecule has 6 heteroatoms. The van der Waals surface area contributed by atoms with Gasteiger partial charge in [-0.3, -0.25) is 14.9 Å². The number of para-hydroxylation sites is 1. The van der Waals surface area contributed by atoms with Crippen molar-refractivity contribution in [3.63, 3.8) is 0 Å². The second kappa shape index (κ2) is 8.31. The summed E-state index contributed by atoms with van der Waals surface area (Å²) in [6.07, 6.45) is 4.96. The van der Waals surface area contributed by atoms with Crippen LogP contribution in [-0.2, 0) is 4.79 Å². The van der Waals surface area contributed by atoms with Crippen LogP contribution in [0.25, 0.3) is 0 Å². The first-order chi connectivity index (χ1) is 11.1. The molecule has 2 rings (SSSR count). The summed E-state index contributed by atoms with van der Waals surface area (Å²) in [5, 5.41) is 5.09. The first-order valence-corrected chi connectivity index (χ1v) is 7.87. The molecule has 0 heterocycles. The van der Waals surface area contributed by atoms with Gasteiger partial charge in [-0.05, 0) is 30.9 Å². The number of urea groups is 1. The molecule has 2 atom stereocenters. The molecule has 0 aromatic heterocycles. The van der Waals surface area contributed by atoms with E-state index < -0.39 is 11.9 Å². The third-order valence-electron chi connectivity index (χ3n) is 4.09. The summed E-state index contributed by atoms with van der Waals surface area (Å²) in [5.74, 6) is 0.186. The van der Waals surface area contributed by atoms with Crippen LogP contribution < -0.4 is 15.4 Å². The Morgan fingerprint density at radius 2 is 2.00 bits per heavy atom. The highest BCUT2D eigenvalue weighted by molar-refractivity contribution is 5.95. The Bertz CT molecular complexity index is 573. The number of aldehydes is 1. The number of carbonyl (C=O) groups is 3. The van der Waals surface area contributed by atoms with Crippen LogP contribution in [0.2, 0.25) is 0 Å². The van der Waals surface area contributed by atoms with Crippen LogP contribution in [0.15, 0.2) is 24.3 Å². The Labute approximate surface area is 135 Å². The molecule has 0 unspecified atom stereocenters. The van der Waals surface area contributed by atoms with E-state index in [2.05, 4.69) is 17.6 Å². The molecule has 3 amide bonds. The number of carbonyl (C=O) groups excluding carboxylic acids is 3. The summed E-state index contributed by atoms with van der Waals surface area (Å²) in [5.41, 5.74) is 0.362. The van der Waals surface area contributed by atoms with Crippen LogP contribution in [0, 0.1) is 5.92 Å². The summed E-state index contributed by atoms with van der Waals surface area (Å²) in [6.45, 7) is 1.78. The van der Waals surface area contributed by atoms with Crippen molar-refractivity contribution in [2.75, 3.05) is 6.61 Å². The molecule has 23 heavy (non-hydrogen) atoms. The van der Waals surface area contributed by atoms with Crippen molar-refractivity contribution in [3.05, 3.63) is 29.8 Å². The summed E-state index contributed by atoms with van der Waals surface area (Å²) in [7, 11) is 0. The average molecular weight is 318 g/mol. The maximum absolute atomic E-state index is 11.8. The van der Waals surface area contributed by atoms with E-state index >= 15 is 0 Å². The zero-order chi connectivity index (χ0) is 16.7. The third kappa shape index (κ3) is 5.09. The van der Waals surface area contributed by atoms with Gasteiger partial charge in [-0.1, -0.05) is 31.9 Å². The van der Waals surface area contributed by atoms with Gasteiger partial charge in [0.25, 0.3) is 5.91 Å². The van der Waals surface area contributed by atoms with Gasteiger partial charge in [0.15, 0.2) is 12.9 Å². The topological polar surface area (TPSA) is 84.5 Å². The quantitative estimate of drug-likeness (QED) is 0.816. The van der Waals surface area contributed by atoms with Crippen LogP contribution in [0.3, 0.4) is 0 Å². The van der Waals surface area contributed by atoms with Gasteiger partial charge in [0.05, 0.1) is 5.56 Å². The van der Waals surface area contributed by atoms with E-state index in [-0.39, 0.29) is 12.6 Å². The molecule has 2 N–H and O–H groups in total. The molecule has 0 saturated heterocycles. The van der Waals surface area contributed by atoms with Gasteiger partial charge in [-0.2, -0.15) is 0 Å². The lowest BCUT2D eigenvalue weighted by Gasteiger charge is -2.29. The monoisotopic (exact) mass is 318 g/mol. The summed E-state index contributed by atoms with van der Waals surface area (Å²) < 4.78 is 5.28. The Balaban J connectivity index is 1.77. The van der Waals surface area contributed by atoms with Crippen LogP contribution in [0.4, 0.5) is 4.79 Å². The van der Waals surface area contributed by atoms with Gasteiger partial charge in [0.2, 0.25) is 0 Å². The van der Waals surface area contributed by atoms with Gasteiger partial charge >= 0.3 is 6.03 Å². The van der Waals surface area contributed by atoms with Crippen LogP contribution in [0.1, 0.15) is 43.0 Å². The highest BCUT2D eigenvalue weighted by Gasteiger charge is 2.23. The zero-order valence-corrected chi connectivity index (χ0v) is 13.2. The van der Waals surface area contributed by atoms with Crippen molar-refractivity contribution in [2.45, 2.75) is 38.6 Å². The van der Waals surface area contributed by atoms with Crippen molar-refractivity contribution in [3.8, 4) is 5.75 Å². The lowest BCUT2D eigenvalue weighted by atomic mass is 9.86. The molecule has 6 nitrogen and oxygen atoms in total. The second-order valence-corrected chi connectivity index (χ2v) is 5.83. The molecule has 1 aromatic rings. The summed E-state index contributed by atoms with van der Waals surface area (Å²) in [6, 6.07) is 6.21. The first-order valence-electron chi connectivity index (χ1n) is 7.87. The smallest absolute Gasteiger partial charge is 0.321 e. The molecular formula is C17H22N2O4. The summed E-state index contributed by atoms with van der Waals surface area (Å²) in [4.78, 5) is 34.5. The molecule has 0 bridgehead atoms. The van der Waals surface area contributed by atoms with Crippen LogP contribution in [-0.4, -0.2) is 30.9 Å². The third-order valence-corrected chi connectivity index (χ3v) is 4.09. The molecular weight excluding hydrogens is 296 g/mol. The number of hydrogen-bond donors (Lipinski definition) is 2. The maximum Gasteiger partial charge on any atom is 0.321 e. The molecule has 124 valence electrons. The molecule has 1 aromatic carbocycles. The highest BCUT2D eigenvalue weighted by Crippen LogP contribution is 2.23. The number of imide groups is 1. The number of benzene rings is 1. The largest absolute Gasteiger partial charge is 0.483 e. The average Bonchev–Trinajstić information content (AvgIpc) is 2.55. The van der Waals surface area contributed by atoms with Gasteiger partial charge in [-0.15, -0.1) is 0 Å². The standard InChI is InChI=1S/C17H22N2O4/c1-12-6-2-4-8-14(12)18-17(22)19-16(21)11-23-15-9-5-3-7-13(15)10-20/h3,5,7,9-10,12,14H,2,4,6,8,11H2,1H3,(H2,18,19,21,22)/t12-,14-/m0/s1. The predicted octanol–water partition coefficient (Wildman–Crippen LogP) is 2.28. The fourth-order valence-electron chi connectivity index (χ4n) is 2.75.